The Morgan fingerprint density at radius 3 is 2.90 bits per heavy atom. The summed E-state index contributed by atoms with van der Waals surface area (Å²) < 4.78 is 0. The number of hydrogen-bond acceptors (Lipinski definition) is 3. The van der Waals surface area contributed by atoms with Crippen LogP contribution in [0.3, 0.4) is 0 Å². The van der Waals surface area contributed by atoms with E-state index in [0.717, 1.165) is 17.9 Å². The van der Waals surface area contributed by atoms with Crippen molar-refractivity contribution >= 4 is 11.8 Å². The summed E-state index contributed by atoms with van der Waals surface area (Å²) in [6.07, 6.45) is 0.898. The molecule has 0 amide bonds. The van der Waals surface area contributed by atoms with Gasteiger partial charge in [-0.1, -0.05) is 5.11 Å². The molecule has 0 aromatic carbocycles. The maximum atomic E-state index is 8.37. The van der Waals surface area contributed by atoms with E-state index in [9.17, 15) is 0 Å². The van der Waals surface area contributed by atoms with Crippen LogP contribution in [-0.2, 0) is 0 Å². The lowest BCUT2D eigenvalue weighted by Gasteiger charge is -1.94. The Balaban J connectivity index is 2.83. The van der Waals surface area contributed by atoms with Crippen molar-refractivity contribution in [2.75, 3.05) is 24.7 Å². The van der Waals surface area contributed by atoms with Gasteiger partial charge in [-0.15, -0.1) is 0 Å². The smallest absolute Gasteiger partial charge is 0.0521 e. The van der Waals surface area contributed by atoms with E-state index in [1.54, 1.807) is 11.8 Å². The van der Waals surface area contributed by atoms with Crippen LogP contribution in [0.4, 0.5) is 0 Å². The van der Waals surface area contributed by atoms with Gasteiger partial charge in [-0.05, 0) is 17.7 Å². The van der Waals surface area contributed by atoms with Crippen molar-refractivity contribution in [2.24, 2.45) is 5.11 Å². The molecular formula is C5H11N3OS. The molecule has 1 N–H and O–H groups in total. The quantitative estimate of drug-likeness (QED) is 0.277. The summed E-state index contributed by atoms with van der Waals surface area (Å²) in [6, 6.07) is 0. The number of hydrogen-bond donors (Lipinski definition) is 1. The van der Waals surface area contributed by atoms with E-state index < -0.39 is 0 Å². The van der Waals surface area contributed by atoms with Crippen molar-refractivity contribution < 1.29 is 5.11 Å². The Labute approximate surface area is 64.3 Å². The molecule has 0 bridgehead atoms. The van der Waals surface area contributed by atoms with Gasteiger partial charge in [0.05, 0.1) is 6.61 Å². The fourth-order valence-corrected chi connectivity index (χ4v) is 1.12. The molecule has 0 aliphatic carbocycles. The van der Waals surface area contributed by atoms with Crippen LogP contribution in [0.2, 0.25) is 0 Å². The SMILES string of the molecule is [N-]=[N+]=NCCCSCCO. The van der Waals surface area contributed by atoms with E-state index in [4.69, 9.17) is 10.6 Å². The normalized spacial score (nSPS) is 8.90. The van der Waals surface area contributed by atoms with E-state index in [0.29, 0.717) is 6.54 Å². The zero-order chi connectivity index (χ0) is 7.66. The van der Waals surface area contributed by atoms with Crippen molar-refractivity contribution in [1.82, 2.24) is 0 Å². The van der Waals surface area contributed by atoms with Gasteiger partial charge in [0.25, 0.3) is 0 Å². The molecule has 0 aliphatic rings. The van der Waals surface area contributed by atoms with Gasteiger partial charge in [-0.25, -0.2) is 0 Å². The maximum absolute atomic E-state index is 8.37. The Morgan fingerprint density at radius 1 is 1.50 bits per heavy atom. The first-order chi connectivity index (χ1) is 4.91. The van der Waals surface area contributed by atoms with Crippen LogP contribution in [0.25, 0.3) is 10.4 Å². The molecule has 0 heterocycles. The molecule has 0 saturated heterocycles. The van der Waals surface area contributed by atoms with Gasteiger partial charge in [-0.3, -0.25) is 0 Å². The summed E-state index contributed by atoms with van der Waals surface area (Å²) >= 11 is 1.67. The Bertz CT molecular complexity index is 113. The van der Waals surface area contributed by atoms with Crippen LogP contribution < -0.4 is 0 Å². The van der Waals surface area contributed by atoms with Crippen molar-refractivity contribution in [1.29, 1.82) is 0 Å². The minimum absolute atomic E-state index is 0.228. The highest BCUT2D eigenvalue weighted by atomic mass is 32.2. The predicted molar refractivity (Wildman–Crippen MR) is 43.0 cm³/mol. The van der Waals surface area contributed by atoms with Gasteiger partial charge in [0.15, 0.2) is 0 Å². The molecule has 0 aromatic rings. The van der Waals surface area contributed by atoms with Crippen LogP contribution in [0, 0.1) is 0 Å². The van der Waals surface area contributed by atoms with Crippen LogP contribution >= 0.6 is 11.8 Å². The molecule has 0 rings (SSSR count). The zero-order valence-electron chi connectivity index (χ0n) is 5.73. The lowest BCUT2D eigenvalue weighted by molar-refractivity contribution is 0.322. The van der Waals surface area contributed by atoms with E-state index >= 15 is 0 Å². The number of aliphatic hydroxyl groups excluding tert-OH is 1. The average Bonchev–Trinajstić information content (AvgIpc) is 1.97. The Hall–Kier alpha value is -0.380. The zero-order valence-corrected chi connectivity index (χ0v) is 6.55. The second-order valence-electron chi connectivity index (χ2n) is 1.64. The minimum Gasteiger partial charge on any atom is -0.396 e. The fraction of sp³-hybridized carbons (Fsp3) is 1.00. The summed E-state index contributed by atoms with van der Waals surface area (Å²) in [5.41, 5.74) is 7.88. The third kappa shape index (κ3) is 7.62. The first-order valence-corrected chi connectivity index (χ1v) is 4.26. The average molecular weight is 161 g/mol. The molecule has 0 radical (unpaired) electrons. The summed E-state index contributed by atoms with van der Waals surface area (Å²) in [4.78, 5) is 2.62. The lowest BCUT2D eigenvalue weighted by atomic mass is 10.5. The number of rotatable bonds is 6. The van der Waals surface area contributed by atoms with Gasteiger partial charge in [-0.2, -0.15) is 11.8 Å². The first-order valence-electron chi connectivity index (χ1n) is 3.11. The molecule has 0 saturated carbocycles. The van der Waals surface area contributed by atoms with E-state index in [1.165, 1.54) is 0 Å². The summed E-state index contributed by atoms with van der Waals surface area (Å²) in [5.74, 6) is 1.73. The monoisotopic (exact) mass is 161 g/mol. The summed E-state index contributed by atoms with van der Waals surface area (Å²) in [5, 5.41) is 11.7. The van der Waals surface area contributed by atoms with Gasteiger partial charge in [0, 0.05) is 17.2 Å². The van der Waals surface area contributed by atoms with Crippen molar-refractivity contribution in [2.45, 2.75) is 6.42 Å². The Kier molecular flexibility index (Phi) is 8.29. The summed E-state index contributed by atoms with van der Waals surface area (Å²) in [7, 11) is 0. The van der Waals surface area contributed by atoms with E-state index in [-0.39, 0.29) is 6.61 Å². The van der Waals surface area contributed by atoms with Crippen LogP contribution in [0.1, 0.15) is 6.42 Å². The topological polar surface area (TPSA) is 69.0 Å². The molecule has 0 aliphatic heterocycles. The van der Waals surface area contributed by atoms with Crippen LogP contribution in [0.15, 0.2) is 5.11 Å². The fourth-order valence-electron chi connectivity index (χ4n) is 0.449. The van der Waals surface area contributed by atoms with Crippen molar-refractivity contribution in [3.8, 4) is 0 Å². The molecule has 0 fully saturated rings. The molecule has 0 spiro atoms. The van der Waals surface area contributed by atoms with Gasteiger partial charge >= 0.3 is 0 Å². The van der Waals surface area contributed by atoms with Crippen LogP contribution in [-0.4, -0.2) is 29.8 Å². The molecule has 0 unspecified atom stereocenters. The minimum atomic E-state index is 0.228. The molecule has 58 valence electrons. The molecular weight excluding hydrogens is 150 g/mol. The number of azide groups is 1. The highest BCUT2D eigenvalue weighted by Crippen LogP contribution is 2.00. The molecule has 0 atom stereocenters. The third-order valence-electron chi connectivity index (χ3n) is 0.846. The van der Waals surface area contributed by atoms with Gasteiger partial charge < -0.3 is 5.11 Å². The number of aliphatic hydroxyl groups is 1. The second kappa shape index (κ2) is 8.62. The lowest BCUT2D eigenvalue weighted by Crippen LogP contribution is -1.89. The van der Waals surface area contributed by atoms with E-state index in [1.807, 2.05) is 0 Å². The molecule has 10 heavy (non-hydrogen) atoms. The standard InChI is InChI=1S/C5H11N3OS/c6-8-7-2-1-4-10-5-3-9/h9H,1-5H2. The van der Waals surface area contributed by atoms with Gasteiger partial charge in [0.1, 0.15) is 0 Å². The second-order valence-corrected chi connectivity index (χ2v) is 2.87. The first kappa shape index (κ1) is 9.62. The largest absolute Gasteiger partial charge is 0.396 e. The van der Waals surface area contributed by atoms with Gasteiger partial charge in [0.2, 0.25) is 0 Å². The Morgan fingerprint density at radius 2 is 2.30 bits per heavy atom. The summed E-state index contributed by atoms with van der Waals surface area (Å²) in [6.45, 7) is 0.793. The maximum Gasteiger partial charge on any atom is 0.0521 e. The predicted octanol–water partition coefficient (Wildman–Crippen LogP) is 1.41. The molecule has 4 nitrogen and oxygen atoms in total. The number of nitrogens with zero attached hydrogens (tertiary/aromatic N) is 3. The van der Waals surface area contributed by atoms with Crippen LogP contribution in [0.5, 0.6) is 0 Å². The highest BCUT2D eigenvalue weighted by molar-refractivity contribution is 7.99. The van der Waals surface area contributed by atoms with Crippen molar-refractivity contribution in [3.63, 3.8) is 0 Å². The van der Waals surface area contributed by atoms with E-state index in [2.05, 4.69) is 10.0 Å². The van der Waals surface area contributed by atoms with Crippen molar-refractivity contribution in [3.05, 3.63) is 10.4 Å². The number of thioether (sulfide) groups is 1. The molecule has 5 heteroatoms. The highest BCUT2D eigenvalue weighted by Gasteiger charge is 1.85. The molecule has 0 aromatic heterocycles. The third-order valence-corrected chi connectivity index (χ3v) is 1.89.